The molecule has 40 heavy (non-hydrogen) atoms. The summed E-state index contributed by atoms with van der Waals surface area (Å²) in [4.78, 5) is 24.8. The standard InChI is InChI=1S/C24H33FN7O7P/c1-13(2)37-21(34)14(3)31-40(35,39-15-9-7-6-8-10-15)36-11-16-18(33)24(4,25)22(38-16)32-12-28-17-19(27-5)29-23(26)30-20(17)32/h6-10,12-14,16,18,22,33H,11H2,1-5H3,(H,31,35)(H3,26,27,29,30)/t14-,16+,18+,22?,24+,40?/m0/s1. The lowest BCUT2D eigenvalue weighted by atomic mass is 9.98. The van der Waals surface area contributed by atoms with Crippen molar-refractivity contribution >= 4 is 36.6 Å². The number of nitrogens with one attached hydrogen (secondary N) is 2. The van der Waals surface area contributed by atoms with Gasteiger partial charge in [0.25, 0.3) is 0 Å². The Labute approximate surface area is 230 Å². The number of hydrogen-bond acceptors (Lipinski definition) is 12. The van der Waals surface area contributed by atoms with Crippen molar-refractivity contribution in [3.05, 3.63) is 36.7 Å². The van der Waals surface area contributed by atoms with Gasteiger partial charge in [-0.2, -0.15) is 15.1 Å². The number of aromatic nitrogens is 4. The fourth-order valence-electron chi connectivity index (χ4n) is 4.14. The average molecular weight is 582 g/mol. The van der Waals surface area contributed by atoms with Gasteiger partial charge in [0.2, 0.25) is 5.95 Å². The first kappa shape index (κ1) is 29.6. The number of alkyl halides is 1. The Kier molecular flexibility index (Phi) is 8.61. The molecule has 1 fully saturated rings. The molecule has 3 heterocycles. The van der Waals surface area contributed by atoms with E-state index in [0.717, 1.165) is 6.92 Å². The summed E-state index contributed by atoms with van der Waals surface area (Å²) in [6.45, 7) is 5.37. The molecule has 0 bridgehead atoms. The second kappa shape index (κ2) is 11.6. The Morgan fingerprint density at radius 3 is 2.65 bits per heavy atom. The molecule has 1 aliphatic heterocycles. The number of aliphatic hydroxyl groups is 1. The van der Waals surface area contributed by atoms with Gasteiger partial charge in [0.15, 0.2) is 28.9 Å². The van der Waals surface area contributed by atoms with Gasteiger partial charge >= 0.3 is 13.7 Å². The van der Waals surface area contributed by atoms with Crippen molar-refractivity contribution in [2.75, 3.05) is 24.7 Å². The van der Waals surface area contributed by atoms with Gasteiger partial charge < -0.3 is 30.2 Å². The van der Waals surface area contributed by atoms with Crippen LogP contribution >= 0.6 is 7.75 Å². The van der Waals surface area contributed by atoms with Crippen molar-refractivity contribution in [2.24, 2.45) is 0 Å². The zero-order chi connectivity index (χ0) is 29.2. The number of fused-ring (bicyclic) bond motifs is 1. The minimum Gasteiger partial charge on any atom is -0.462 e. The summed E-state index contributed by atoms with van der Waals surface area (Å²) in [5.74, 6) is -0.243. The van der Waals surface area contributed by atoms with Crippen molar-refractivity contribution in [1.82, 2.24) is 24.6 Å². The summed E-state index contributed by atoms with van der Waals surface area (Å²) < 4.78 is 53.2. The van der Waals surface area contributed by atoms with E-state index in [9.17, 15) is 14.5 Å². The van der Waals surface area contributed by atoms with Crippen molar-refractivity contribution in [3.8, 4) is 5.75 Å². The number of aliphatic hydroxyl groups excluding tert-OH is 1. The zero-order valence-electron chi connectivity index (χ0n) is 22.6. The minimum absolute atomic E-state index is 0.0761. The normalized spacial score (nSPS) is 25.1. The van der Waals surface area contributed by atoms with Crippen LogP contribution in [0.2, 0.25) is 0 Å². The van der Waals surface area contributed by atoms with E-state index in [1.54, 1.807) is 51.2 Å². The van der Waals surface area contributed by atoms with E-state index in [2.05, 4.69) is 25.4 Å². The highest BCUT2D eigenvalue weighted by atomic mass is 31.2. The second-order valence-electron chi connectivity index (χ2n) is 9.66. The number of anilines is 2. The number of halogens is 1. The third kappa shape index (κ3) is 6.18. The number of para-hydroxylation sites is 1. The molecule has 6 atom stereocenters. The molecule has 0 amide bonds. The molecule has 218 valence electrons. The maximum absolute atomic E-state index is 16.0. The van der Waals surface area contributed by atoms with E-state index in [4.69, 9.17) is 24.3 Å². The quantitative estimate of drug-likeness (QED) is 0.191. The monoisotopic (exact) mass is 581 g/mol. The molecule has 0 spiro atoms. The molecule has 5 N–H and O–H groups in total. The summed E-state index contributed by atoms with van der Waals surface area (Å²) >= 11 is 0. The first-order valence-electron chi connectivity index (χ1n) is 12.5. The number of imidazole rings is 1. The van der Waals surface area contributed by atoms with Crippen molar-refractivity contribution in [1.29, 1.82) is 0 Å². The number of ether oxygens (including phenoxy) is 2. The maximum Gasteiger partial charge on any atom is 0.459 e. The number of nitrogen functional groups attached to an aromatic ring is 1. The summed E-state index contributed by atoms with van der Waals surface area (Å²) in [5.41, 5.74) is 3.94. The molecule has 16 heteroatoms. The Hall–Kier alpha value is -3.36. The van der Waals surface area contributed by atoms with Crippen LogP contribution in [0.4, 0.5) is 16.2 Å². The Morgan fingerprint density at radius 2 is 2.00 bits per heavy atom. The molecular weight excluding hydrogens is 548 g/mol. The first-order valence-corrected chi connectivity index (χ1v) is 14.1. The van der Waals surface area contributed by atoms with Crippen LogP contribution in [-0.4, -0.2) is 74.3 Å². The molecule has 1 saturated heterocycles. The van der Waals surface area contributed by atoms with Crippen molar-refractivity contribution in [3.63, 3.8) is 0 Å². The molecule has 3 aromatic rings. The van der Waals surface area contributed by atoms with Gasteiger partial charge in [-0.25, -0.2) is 13.9 Å². The van der Waals surface area contributed by atoms with Crippen LogP contribution < -0.4 is 20.7 Å². The van der Waals surface area contributed by atoms with Crippen LogP contribution in [-0.2, 0) is 23.4 Å². The van der Waals surface area contributed by atoms with E-state index in [0.29, 0.717) is 11.3 Å². The maximum atomic E-state index is 16.0. The van der Waals surface area contributed by atoms with Crippen LogP contribution in [0.1, 0.15) is 33.9 Å². The molecule has 14 nitrogen and oxygen atoms in total. The second-order valence-corrected chi connectivity index (χ2v) is 11.4. The lowest BCUT2D eigenvalue weighted by molar-refractivity contribution is -0.149. The van der Waals surface area contributed by atoms with Crippen LogP contribution in [0.25, 0.3) is 11.2 Å². The number of benzene rings is 1. The molecule has 2 unspecified atom stereocenters. The SMILES string of the molecule is CNc1nc(N)nc2c1ncn2C1O[C@H](COP(=O)(N[C@@H](C)C(=O)OC(C)C)Oc2ccccc2)[C@@H](O)[C@@]1(C)F. The van der Waals surface area contributed by atoms with Crippen LogP contribution in [0.5, 0.6) is 5.75 Å². The number of carbonyl (C=O) groups is 1. The lowest BCUT2D eigenvalue weighted by Crippen LogP contribution is -2.41. The van der Waals surface area contributed by atoms with Crippen LogP contribution in [0.15, 0.2) is 36.7 Å². The Morgan fingerprint density at radius 1 is 1.30 bits per heavy atom. The van der Waals surface area contributed by atoms with E-state index in [-0.39, 0.29) is 17.3 Å². The van der Waals surface area contributed by atoms with Gasteiger partial charge in [-0.05, 0) is 39.8 Å². The molecule has 0 radical (unpaired) electrons. The molecule has 2 aromatic heterocycles. The molecular formula is C24H33FN7O7P. The predicted octanol–water partition coefficient (Wildman–Crippen LogP) is 2.57. The summed E-state index contributed by atoms with van der Waals surface area (Å²) in [6, 6.07) is 7.05. The Balaban J connectivity index is 1.56. The van der Waals surface area contributed by atoms with Gasteiger partial charge in [0.05, 0.1) is 19.0 Å². The number of hydrogen-bond donors (Lipinski definition) is 4. The van der Waals surface area contributed by atoms with Gasteiger partial charge in [0.1, 0.15) is 24.0 Å². The van der Waals surface area contributed by atoms with E-state index >= 15 is 4.39 Å². The van der Waals surface area contributed by atoms with E-state index < -0.39 is 56.6 Å². The minimum atomic E-state index is -4.28. The van der Waals surface area contributed by atoms with Crippen LogP contribution in [0.3, 0.4) is 0 Å². The highest BCUT2D eigenvalue weighted by molar-refractivity contribution is 7.52. The third-order valence-electron chi connectivity index (χ3n) is 6.08. The highest BCUT2D eigenvalue weighted by Gasteiger charge is 2.56. The predicted molar refractivity (Wildman–Crippen MR) is 143 cm³/mol. The summed E-state index contributed by atoms with van der Waals surface area (Å²) in [6.07, 6.45) is -3.52. The fourth-order valence-corrected chi connectivity index (χ4v) is 5.64. The molecule has 4 rings (SSSR count). The van der Waals surface area contributed by atoms with Crippen molar-refractivity contribution < 1.29 is 37.4 Å². The molecule has 1 aliphatic rings. The smallest absolute Gasteiger partial charge is 0.459 e. The topological polar surface area (TPSA) is 185 Å². The van der Waals surface area contributed by atoms with Crippen LogP contribution in [0, 0.1) is 0 Å². The van der Waals surface area contributed by atoms with Gasteiger partial charge in [-0.3, -0.25) is 13.9 Å². The fraction of sp³-hybridized carbons (Fsp3) is 0.500. The van der Waals surface area contributed by atoms with E-state index in [1.807, 2.05) is 0 Å². The van der Waals surface area contributed by atoms with Gasteiger partial charge in [-0.1, -0.05) is 18.2 Å². The van der Waals surface area contributed by atoms with E-state index in [1.165, 1.54) is 17.8 Å². The summed E-state index contributed by atoms with van der Waals surface area (Å²) in [5, 5.41) is 16.2. The number of carbonyl (C=O) groups excluding carboxylic acids is 1. The lowest BCUT2D eigenvalue weighted by Gasteiger charge is -2.25. The highest BCUT2D eigenvalue weighted by Crippen LogP contribution is 2.48. The van der Waals surface area contributed by atoms with Gasteiger partial charge in [-0.15, -0.1) is 0 Å². The Bertz CT molecular complexity index is 1390. The number of rotatable bonds is 11. The van der Waals surface area contributed by atoms with Crippen molar-refractivity contribution in [2.45, 2.75) is 63.9 Å². The molecule has 0 saturated carbocycles. The van der Waals surface area contributed by atoms with Gasteiger partial charge in [0, 0.05) is 7.05 Å². The first-order chi connectivity index (χ1) is 18.8. The largest absolute Gasteiger partial charge is 0.462 e. The third-order valence-corrected chi connectivity index (χ3v) is 7.72. The average Bonchev–Trinajstić information content (AvgIpc) is 3.40. The number of nitrogens with two attached hydrogens (primary N) is 1. The zero-order valence-corrected chi connectivity index (χ0v) is 23.5. The summed E-state index contributed by atoms with van der Waals surface area (Å²) in [7, 11) is -2.66. The number of esters is 1. The number of nitrogens with zero attached hydrogens (tertiary/aromatic N) is 4. The molecule has 1 aromatic carbocycles. The molecule has 0 aliphatic carbocycles.